The van der Waals surface area contributed by atoms with Crippen LogP contribution in [0.25, 0.3) is 0 Å². The SMILES string of the molecule is CCC(CNC(=O)C=O)c1cc(C)c(O)c(C(C)(C)CC)c1. The lowest BCUT2D eigenvalue weighted by molar-refractivity contribution is -0.131. The number of rotatable bonds is 7. The molecule has 1 aromatic carbocycles. The number of phenolic OH excluding ortho intramolecular Hbond substituents is 1. The number of nitrogens with one attached hydrogen (secondary N) is 1. The summed E-state index contributed by atoms with van der Waals surface area (Å²) in [6.45, 7) is 10.7. The Morgan fingerprint density at radius 1 is 1.36 bits per heavy atom. The van der Waals surface area contributed by atoms with Gasteiger partial charge >= 0.3 is 0 Å². The van der Waals surface area contributed by atoms with Crippen LogP contribution in [0.2, 0.25) is 0 Å². The second-order valence-electron chi connectivity index (χ2n) is 6.44. The monoisotopic (exact) mass is 305 g/mol. The Morgan fingerprint density at radius 3 is 2.50 bits per heavy atom. The summed E-state index contributed by atoms with van der Waals surface area (Å²) in [6.07, 6.45) is 2.05. The molecule has 0 saturated heterocycles. The van der Waals surface area contributed by atoms with Gasteiger partial charge in [-0.2, -0.15) is 0 Å². The molecule has 1 aromatic rings. The van der Waals surface area contributed by atoms with Crippen LogP contribution in [-0.4, -0.2) is 23.8 Å². The Labute approximate surface area is 132 Å². The van der Waals surface area contributed by atoms with Crippen LogP contribution in [0, 0.1) is 6.92 Å². The van der Waals surface area contributed by atoms with E-state index < -0.39 is 5.91 Å². The van der Waals surface area contributed by atoms with Gasteiger partial charge in [-0.15, -0.1) is 0 Å². The minimum absolute atomic E-state index is 0.116. The number of hydrogen-bond acceptors (Lipinski definition) is 3. The van der Waals surface area contributed by atoms with Gasteiger partial charge in [-0.05, 0) is 36.3 Å². The van der Waals surface area contributed by atoms with Gasteiger partial charge in [0.1, 0.15) is 5.75 Å². The Balaban J connectivity index is 3.18. The maximum atomic E-state index is 11.1. The van der Waals surface area contributed by atoms with Gasteiger partial charge in [-0.3, -0.25) is 9.59 Å². The number of hydrogen-bond donors (Lipinski definition) is 2. The molecule has 122 valence electrons. The lowest BCUT2D eigenvalue weighted by Gasteiger charge is -2.27. The van der Waals surface area contributed by atoms with Crippen LogP contribution >= 0.6 is 0 Å². The molecule has 1 amide bonds. The molecule has 0 aliphatic carbocycles. The number of carbonyl (C=O) groups excluding carboxylic acids is 2. The van der Waals surface area contributed by atoms with Crippen molar-refractivity contribution < 1.29 is 14.7 Å². The number of benzene rings is 1. The fourth-order valence-electron chi connectivity index (χ4n) is 2.51. The third kappa shape index (κ3) is 4.09. The summed E-state index contributed by atoms with van der Waals surface area (Å²) in [4.78, 5) is 21.6. The predicted octanol–water partition coefficient (Wildman–Crippen LogP) is 3.20. The fraction of sp³-hybridized carbons (Fsp3) is 0.556. The van der Waals surface area contributed by atoms with E-state index in [1.54, 1.807) is 0 Å². The highest BCUT2D eigenvalue weighted by Gasteiger charge is 2.25. The smallest absolute Gasteiger partial charge is 0.284 e. The second-order valence-corrected chi connectivity index (χ2v) is 6.44. The third-order valence-corrected chi connectivity index (χ3v) is 4.53. The molecule has 1 rings (SSSR count). The van der Waals surface area contributed by atoms with Crippen molar-refractivity contribution in [2.24, 2.45) is 0 Å². The van der Waals surface area contributed by atoms with Crippen LogP contribution in [0.1, 0.15) is 63.1 Å². The van der Waals surface area contributed by atoms with Crippen molar-refractivity contribution in [2.45, 2.75) is 58.8 Å². The van der Waals surface area contributed by atoms with Gasteiger partial charge in [-0.25, -0.2) is 0 Å². The summed E-state index contributed by atoms with van der Waals surface area (Å²) in [5.41, 5.74) is 2.75. The molecule has 1 atom stereocenters. The number of aldehydes is 1. The average molecular weight is 305 g/mol. The quantitative estimate of drug-likeness (QED) is 0.600. The van der Waals surface area contributed by atoms with Crippen molar-refractivity contribution in [3.8, 4) is 5.75 Å². The molecular weight excluding hydrogens is 278 g/mol. The number of amides is 1. The molecule has 0 heterocycles. The Morgan fingerprint density at radius 2 is 2.00 bits per heavy atom. The van der Waals surface area contributed by atoms with Gasteiger partial charge in [0.25, 0.3) is 5.91 Å². The highest BCUT2D eigenvalue weighted by Crippen LogP contribution is 2.38. The minimum Gasteiger partial charge on any atom is -0.507 e. The van der Waals surface area contributed by atoms with Gasteiger partial charge in [0.2, 0.25) is 6.29 Å². The van der Waals surface area contributed by atoms with E-state index in [2.05, 4.69) is 26.1 Å². The molecule has 0 aliphatic heterocycles. The minimum atomic E-state index is -0.594. The van der Waals surface area contributed by atoms with Crippen molar-refractivity contribution >= 4 is 12.2 Å². The zero-order chi connectivity index (χ0) is 16.9. The maximum Gasteiger partial charge on any atom is 0.284 e. The highest BCUT2D eigenvalue weighted by atomic mass is 16.3. The molecule has 2 N–H and O–H groups in total. The zero-order valence-electron chi connectivity index (χ0n) is 14.2. The largest absolute Gasteiger partial charge is 0.507 e. The van der Waals surface area contributed by atoms with Crippen molar-refractivity contribution in [2.75, 3.05) is 6.54 Å². The first kappa shape index (κ1) is 18.2. The molecule has 1 unspecified atom stereocenters. The number of aryl methyl sites for hydroxylation is 1. The van der Waals surface area contributed by atoms with E-state index in [4.69, 9.17) is 0 Å². The molecule has 0 aromatic heterocycles. The van der Waals surface area contributed by atoms with E-state index >= 15 is 0 Å². The van der Waals surface area contributed by atoms with E-state index in [9.17, 15) is 14.7 Å². The molecule has 0 spiro atoms. The normalized spacial score (nSPS) is 12.8. The molecule has 22 heavy (non-hydrogen) atoms. The molecule has 0 bridgehead atoms. The summed E-state index contributed by atoms with van der Waals surface area (Å²) in [5, 5.41) is 13.0. The predicted molar refractivity (Wildman–Crippen MR) is 88.3 cm³/mol. The van der Waals surface area contributed by atoms with Gasteiger partial charge < -0.3 is 10.4 Å². The first-order valence-corrected chi connectivity index (χ1v) is 7.83. The van der Waals surface area contributed by atoms with E-state index in [0.29, 0.717) is 18.6 Å². The summed E-state index contributed by atoms with van der Waals surface area (Å²) < 4.78 is 0. The van der Waals surface area contributed by atoms with Crippen molar-refractivity contribution in [3.63, 3.8) is 0 Å². The topological polar surface area (TPSA) is 66.4 Å². The lowest BCUT2D eigenvalue weighted by atomic mass is 9.78. The molecular formula is C18H27NO3. The van der Waals surface area contributed by atoms with Crippen molar-refractivity contribution in [1.82, 2.24) is 5.32 Å². The van der Waals surface area contributed by atoms with E-state index in [0.717, 1.165) is 29.5 Å². The van der Waals surface area contributed by atoms with Crippen molar-refractivity contribution in [3.05, 3.63) is 28.8 Å². The second kappa shape index (κ2) is 7.43. The first-order chi connectivity index (χ1) is 10.3. The van der Waals surface area contributed by atoms with Crippen LogP contribution in [0.3, 0.4) is 0 Å². The van der Waals surface area contributed by atoms with E-state index in [-0.39, 0.29) is 11.3 Å². The van der Waals surface area contributed by atoms with Crippen molar-refractivity contribution in [1.29, 1.82) is 0 Å². The Kier molecular flexibility index (Phi) is 6.15. The van der Waals surface area contributed by atoms with Crippen LogP contribution in [0.15, 0.2) is 12.1 Å². The van der Waals surface area contributed by atoms with Gasteiger partial charge in [0.15, 0.2) is 0 Å². The molecule has 4 nitrogen and oxygen atoms in total. The fourth-order valence-corrected chi connectivity index (χ4v) is 2.51. The van der Waals surface area contributed by atoms with Gasteiger partial charge in [0, 0.05) is 18.0 Å². The molecule has 0 fully saturated rings. The summed E-state index contributed by atoms with van der Waals surface area (Å²) in [6, 6.07) is 4.00. The van der Waals surface area contributed by atoms with Crippen LogP contribution in [0.4, 0.5) is 0 Å². The Bertz CT molecular complexity index is 550. The number of aromatic hydroxyl groups is 1. The zero-order valence-corrected chi connectivity index (χ0v) is 14.2. The van der Waals surface area contributed by atoms with E-state index in [1.807, 2.05) is 26.0 Å². The molecule has 0 saturated carbocycles. The maximum absolute atomic E-state index is 11.1. The average Bonchev–Trinajstić information content (AvgIpc) is 2.50. The number of phenols is 1. The van der Waals surface area contributed by atoms with Gasteiger partial charge in [-0.1, -0.05) is 39.8 Å². The third-order valence-electron chi connectivity index (χ3n) is 4.53. The first-order valence-electron chi connectivity index (χ1n) is 7.83. The molecule has 0 aliphatic rings. The van der Waals surface area contributed by atoms with Crippen LogP contribution < -0.4 is 5.32 Å². The highest BCUT2D eigenvalue weighted by molar-refractivity contribution is 6.23. The molecule has 4 heteroatoms. The molecule has 0 radical (unpaired) electrons. The van der Waals surface area contributed by atoms with E-state index in [1.165, 1.54) is 0 Å². The summed E-state index contributed by atoms with van der Waals surface area (Å²) >= 11 is 0. The number of carbonyl (C=O) groups is 2. The van der Waals surface area contributed by atoms with Crippen LogP contribution in [0.5, 0.6) is 5.75 Å². The summed E-state index contributed by atoms with van der Waals surface area (Å²) in [5.74, 6) is -0.125. The lowest BCUT2D eigenvalue weighted by Crippen LogP contribution is -2.29. The van der Waals surface area contributed by atoms with Crippen LogP contribution in [-0.2, 0) is 15.0 Å². The van der Waals surface area contributed by atoms with Gasteiger partial charge in [0.05, 0.1) is 0 Å². The standard InChI is InChI=1S/C18H27NO3/c1-6-13(10-19-16(21)11-20)14-8-12(3)17(22)15(9-14)18(4,5)7-2/h8-9,11,13,22H,6-7,10H2,1-5H3,(H,19,21). The summed E-state index contributed by atoms with van der Waals surface area (Å²) in [7, 11) is 0. The Hall–Kier alpha value is -1.84.